The molecule has 0 aliphatic rings. The molecule has 0 spiro atoms. The van der Waals surface area contributed by atoms with Gasteiger partial charge in [-0.2, -0.15) is 0 Å². The molecule has 0 unspecified atom stereocenters. The number of nitrogens with zero attached hydrogens (tertiary/aromatic N) is 3. The minimum atomic E-state index is -1.94. The van der Waals surface area contributed by atoms with Gasteiger partial charge >= 0.3 is 0 Å². The lowest BCUT2D eigenvalue weighted by atomic mass is 10.1. The molecule has 2 aromatic carbocycles. The lowest BCUT2D eigenvalue weighted by Gasteiger charge is -2.15. The van der Waals surface area contributed by atoms with Gasteiger partial charge in [-0.1, -0.05) is 41.8 Å². The van der Waals surface area contributed by atoms with E-state index in [1.807, 2.05) is 25.1 Å². The number of hydrogen-bond acceptors (Lipinski definition) is 6. The molecular formula is C22H19ClN4O3. The van der Waals surface area contributed by atoms with E-state index in [0.717, 1.165) is 11.1 Å². The maximum absolute atomic E-state index is 9.97. The van der Waals surface area contributed by atoms with Gasteiger partial charge in [-0.15, -0.1) is 10.2 Å². The fraction of sp³-hybridized carbons (Fsp3) is 0.227. The minimum absolute atomic E-state index is 0.255. The largest absolute Gasteiger partial charge is 0.392 e. The zero-order chi connectivity index (χ0) is 21.7. The Labute approximate surface area is 178 Å². The highest BCUT2D eigenvalue weighted by Crippen LogP contribution is 2.28. The third kappa shape index (κ3) is 4.68. The van der Waals surface area contributed by atoms with Gasteiger partial charge in [-0.25, -0.2) is 4.85 Å². The first-order chi connectivity index (χ1) is 14.4. The van der Waals surface area contributed by atoms with E-state index < -0.39 is 18.8 Å². The zero-order valence-corrected chi connectivity index (χ0v) is 16.9. The standard InChI is InChI=1S/C22H19ClN4O3/c1-14-3-4-15(9-19(14)23)11-25-21-18-10-16(24-2)5-6-17(18)20(26-27-21)7-8-22(30,12-28)13-29/h3-6,9-10,28-30H,11-13H2,1H3,(H,25,27). The number of aliphatic hydroxyl groups is 3. The van der Waals surface area contributed by atoms with Crippen molar-refractivity contribution in [2.75, 3.05) is 18.5 Å². The summed E-state index contributed by atoms with van der Waals surface area (Å²) in [5, 5.41) is 41.8. The molecule has 0 atom stereocenters. The Morgan fingerprint density at radius 1 is 1.13 bits per heavy atom. The number of hydrogen-bond donors (Lipinski definition) is 4. The Morgan fingerprint density at radius 3 is 2.57 bits per heavy atom. The maximum atomic E-state index is 9.97. The first kappa shape index (κ1) is 21.5. The van der Waals surface area contributed by atoms with E-state index in [9.17, 15) is 15.3 Å². The smallest absolute Gasteiger partial charge is 0.188 e. The Bertz CT molecular complexity index is 1190. The topological polar surface area (TPSA) is 103 Å². The monoisotopic (exact) mass is 422 g/mol. The summed E-state index contributed by atoms with van der Waals surface area (Å²) in [7, 11) is 0. The second-order valence-corrected chi connectivity index (χ2v) is 7.18. The lowest BCUT2D eigenvalue weighted by Crippen LogP contribution is -2.35. The number of benzene rings is 2. The van der Waals surface area contributed by atoms with Crippen molar-refractivity contribution < 1.29 is 15.3 Å². The van der Waals surface area contributed by atoms with E-state index in [-0.39, 0.29) is 5.69 Å². The highest BCUT2D eigenvalue weighted by atomic mass is 35.5. The molecule has 152 valence electrons. The van der Waals surface area contributed by atoms with Crippen LogP contribution < -0.4 is 5.32 Å². The summed E-state index contributed by atoms with van der Waals surface area (Å²) in [4.78, 5) is 3.46. The van der Waals surface area contributed by atoms with Crippen molar-refractivity contribution in [1.82, 2.24) is 10.2 Å². The number of nitrogens with one attached hydrogen (secondary N) is 1. The highest BCUT2D eigenvalue weighted by molar-refractivity contribution is 6.31. The van der Waals surface area contributed by atoms with Gasteiger partial charge in [0, 0.05) is 22.3 Å². The van der Waals surface area contributed by atoms with E-state index in [4.69, 9.17) is 18.2 Å². The molecule has 1 heterocycles. The van der Waals surface area contributed by atoms with Gasteiger partial charge in [0.05, 0.1) is 19.8 Å². The second kappa shape index (κ2) is 9.08. The second-order valence-electron chi connectivity index (χ2n) is 6.77. The van der Waals surface area contributed by atoms with Crippen LogP contribution in [0.2, 0.25) is 5.02 Å². The summed E-state index contributed by atoms with van der Waals surface area (Å²) in [6, 6.07) is 10.8. The lowest BCUT2D eigenvalue weighted by molar-refractivity contribution is -0.00938. The molecule has 0 fully saturated rings. The van der Waals surface area contributed by atoms with E-state index in [1.54, 1.807) is 18.2 Å². The number of anilines is 1. The maximum Gasteiger partial charge on any atom is 0.188 e. The molecule has 0 bridgehead atoms. The number of aromatic nitrogens is 2. The average molecular weight is 423 g/mol. The minimum Gasteiger partial charge on any atom is -0.392 e. The van der Waals surface area contributed by atoms with Crippen molar-refractivity contribution in [3.05, 3.63) is 69.7 Å². The van der Waals surface area contributed by atoms with Crippen LogP contribution in [0.3, 0.4) is 0 Å². The fourth-order valence-electron chi connectivity index (χ4n) is 2.67. The molecule has 0 saturated heterocycles. The van der Waals surface area contributed by atoms with Crippen LogP contribution in [0.5, 0.6) is 0 Å². The van der Waals surface area contributed by atoms with Crippen molar-refractivity contribution in [1.29, 1.82) is 0 Å². The Balaban J connectivity index is 2.00. The first-order valence-electron chi connectivity index (χ1n) is 9.03. The molecule has 7 nitrogen and oxygen atoms in total. The van der Waals surface area contributed by atoms with Crippen LogP contribution in [0.4, 0.5) is 11.5 Å². The SMILES string of the molecule is [C-]#[N+]c1ccc2c(C#CC(O)(CO)CO)nnc(NCc3ccc(C)c(Cl)c3)c2c1. The van der Waals surface area contributed by atoms with E-state index in [0.29, 0.717) is 33.8 Å². The number of fused-ring (bicyclic) bond motifs is 1. The molecule has 3 aromatic rings. The quantitative estimate of drug-likeness (QED) is 0.372. The number of aliphatic hydroxyl groups excluding tert-OH is 2. The predicted octanol–water partition coefficient (Wildman–Crippen LogP) is 2.82. The van der Waals surface area contributed by atoms with Gasteiger partial charge in [0.2, 0.25) is 0 Å². The van der Waals surface area contributed by atoms with Crippen LogP contribution >= 0.6 is 11.6 Å². The van der Waals surface area contributed by atoms with Gasteiger partial charge in [0.25, 0.3) is 0 Å². The third-order valence-electron chi connectivity index (χ3n) is 4.53. The van der Waals surface area contributed by atoms with Crippen LogP contribution in [0, 0.1) is 25.3 Å². The molecule has 1 aromatic heterocycles. The van der Waals surface area contributed by atoms with Gasteiger partial charge in [-0.05, 0) is 36.1 Å². The molecule has 0 radical (unpaired) electrons. The fourth-order valence-corrected chi connectivity index (χ4v) is 2.87. The molecule has 8 heteroatoms. The Morgan fingerprint density at radius 2 is 1.90 bits per heavy atom. The normalized spacial score (nSPS) is 10.9. The average Bonchev–Trinajstić information content (AvgIpc) is 2.78. The van der Waals surface area contributed by atoms with Gasteiger partial charge < -0.3 is 20.6 Å². The van der Waals surface area contributed by atoms with Crippen molar-refractivity contribution in [2.45, 2.75) is 19.1 Å². The van der Waals surface area contributed by atoms with Crippen molar-refractivity contribution in [3.8, 4) is 11.8 Å². The number of halogens is 1. The molecule has 30 heavy (non-hydrogen) atoms. The number of rotatable bonds is 5. The molecular weight excluding hydrogens is 404 g/mol. The molecule has 3 rings (SSSR count). The molecule has 0 aliphatic heterocycles. The van der Waals surface area contributed by atoms with Gasteiger partial charge in [-0.3, -0.25) is 0 Å². The van der Waals surface area contributed by atoms with E-state index in [2.05, 4.69) is 32.2 Å². The van der Waals surface area contributed by atoms with E-state index in [1.165, 1.54) is 0 Å². The first-order valence-corrected chi connectivity index (χ1v) is 9.41. The molecule has 0 amide bonds. The zero-order valence-electron chi connectivity index (χ0n) is 16.1. The third-order valence-corrected chi connectivity index (χ3v) is 4.93. The van der Waals surface area contributed by atoms with Crippen molar-refractivity contribution >= 4 is 33.9 Å². The van der Waals surface area contributed by atoms with Crippen molar-refractivity contribution in [2.24, 2.45) is 0 Å². The van der Waals surface area contributed by atoms with Crippen LogP contribution in [-0.2, 0) is 6.54 Å². The number of aryl methyl sites for hydroxylation is 1. The van der Waals surface area contributed by atoms with Crippen LogP contribution in [0.15, 0.2) is 36.4 Å². The molecule has 0 aliphatic carbocycles. The summed E-state index contributed by atoms with van der Waals surface area (Å²) < 4.78 is 0. The summed E-state index contributed by atoms with van der Waals surface area (Å²) in [5.74, 6) is 5.56. The summed E-state index contributed by atoms with van der Waals surface area (Å²) >= 11 is 6.19. The van der Waals surface area contributed by atoms with Crippen LogP contribution in [-0.4, -0.2) is 44.3 Å². The van der Waals surface area contributed by atoms with Crippen LogP contribution in [0.1, 0.15) is 16.8 Å². The van der Waals surface area contributed by atoms with Crippen molar-refractivity contribution in [3.63, 3.8) is 0 Å². The summed E-state index contributed by atoms with van der Waals surface area (Å²) in [6.45, 7) is 8.21. The Kier molecular flexibility index (Phi) is 6.51. The Hall–Kier alpha value is -3.20. The highest BCUT2D eigenvalue weighted by Gasteiger charge is 2.21. The van der Waals surface area contributed by atoms with Gasteiger partial charge in [0.15, 0.2) is 17.1 Å². The van der Waals surface area contributed by atoms with Gasteiger partial charge in [0.1, 0.15) is 5.69 Å². The molecule has 0 saturated carbocycles. The van der Waals surface area contributed by atoms with Crippen LogP contribution in [0.25, 0.3) is 15.6 Å². The summed E-state index contributed by atoms with van der Waals surface area (Å²) in [6.07, 6.45) is 0. The summed E-state index contributed by atoms with van der Waals surface area (Å²) in [5.41, 5.74) is 0.693. The van der Waals surface area contributed by atoms with E-state index >= 15 is 0 Å². The molecule has 4 N–H and O–H groups in total. The predicted molar refractivity (Wildman–Crippen MR) is 115 cm³/mol.